The molecule has 1 heterocycles. The van der Waals surface area contributed by atoms with E-state index in [4.69, 9.17) is 26.0 Å². The molecule has 0 aliphatic carbocycles. The molecular weight excluding hydrogens is 831 g/mol. The molecule has 0 amide bonds. The van der Waals surface area contributed by atoms with Crippen LogP contribution in [0.3, 0.4) is 0 Å². The molecule has 0 aromatic heterocycles. The fraction of sp³-hybridized carbons (Fsp3) is 0.707. The van der Waals surface area contributed by atoms with Gasteiger partial charge in [0.2, 0.25) is 0 Å². The molecule has 0 atom stereocenters. The second-order valence-electron chi connectivity index (χ2n) is 13.6. The number of hydrogen-bond acceptors (Lipinski definition) is 1. The monoisotopic (exact) mass is 906 g/mol. The summed E-state index contributed by atoms with van der Waals surface area (Å²) in [5.41, 5.74) is 4.12. The minimum Gasteiger partial charge on any atom is -0.672 e. The van der Waals surface area contributed by atoms with Gasteiger partial charge in [0.1, 0.15) is 11.5 Å². The molecule has 0 saturated heterocycles. The molecule has 316 valence electrons. The van der Waals surface area contributed by atoms with Gasteiger partial charge >= 0.3 is 0 Å². The van der Waals surface area contributed by atoms with Gasteiger partial charge in [0.05, 0.1) is 0 Å². The third-order valence-electron chi connectivity index (χ3n) is 5.96. The minimum atomic E-state index is -0.268. The van der Waals surface area contributed by atoms with Gasteiger partial charge in [-0.15, -0.1) is 24.2 Å². The summed E-state index contributed by atoms with van der Waals surface area (Å²) in [7, 11) is 21.0. The normalized spacial score (nSPS) is 11.4. The topological polar surface area (TPSA) is 150 Å². The van der Waals surface area contributed by atoms with E-state index < -0.39 is 0 Å². The van der Waals surface area contributed by atoms with Crippen molar-refractivity contribution in [1.29, 1.82) is 0 Å². The Morgan fingerprint density at radius 3 is 0.796 bits per heavy atom. The first-order valence-corrected chi connectivity index (χ1v) is 18.0. The van der Waals surface area contributed by atoms with E-state index in [0.29, 0.717) is 0 Å². The van der Waals surface area contributed by atoms with Crippen molar-refractivity contribution in [3.8, 4) is 11.5 Å². The van der Waals surface area contributed by atoms with Crippen LogP contribution < -0.4 is 4.74 Å². The molecule has 3 rings (SSSR count). The Hall–Kier alpha value is -0.394. The van der Waals surface area contributed by atoms with Crippen LogP contribution in [0.2, 0.25) is 0 Å². The van der Waals surface area contributed by atoms with E-state index in [1.54, 1.807) is 84.6 Å². The Morgan fingerprint density at radius 2 is 0.611 bits per heavy atom. The van der Waals surface area contributed by atoms with Gasteiger partial charge < -0.3 is 57.9 Å². The molecule has 0 radical (unpaired) electrons. The van der Waals surface area contributed by atoms with E-state index in [2.05, 4.69) is 138 Å². The van der Waals surface area contributed by atoms with E-state index in [1.165, 1.54) is 0 Å². The number of nitrogens with zero attached hydrogens (tertiary/aromatic N) is 10. The summed E-state index contributed by atoms with van der Waals surface area (Å²) < 4.78 is 6.82. The molecule has 2 aromatic rings. The van der Waals surface area contributed by atoms with E-state index in [1.807, 2.05) is 0 Å². The molecule has 1 aliphatic rings. The molecule has 1 aliphatic heterocycles. The molecule has 54 heavy (non-hydrogen) atoms. The van der Waals surface area contributed by atoms with E-state index in [-0.39, 0.29) is 94.3 Å². The standard InChI is InChI=1S/C29H42N4O.6C2H6N.2Zr/c1-17(2)30-27(31-18(3)4)21-13-11-15-23-25(21)34-26-22(14-12-16-24(26)29(23,9)10)28(32-19(5)6)33-20(7)8;6*1-3-2;;/h11-20,27-28H,1-10H3;6*1-2H3;;/q-4;6*-1;;. The second kappa shape index (κ2) is 40.8. The van der Waals surface area contributed by atoms with Gasteiger partial charge in [0.15, 0.2) is 0 Å². The van der Waals surface area contributed by atoms with Crippen molar-refractivity contribution in [3.63, 3.8) is 0 Å². The summed E-state index contributed by atoms with van der Waals surface area (Å²) in [4.78, 5) is 0. The average Bonchev–Trinajstić information content (AvgIpc) is 3.02. The molecule has 0 unspecified atom stereocenters. The van der Waals surface area contributed by atoms with Crippen LogP contribution in [0, 0.1) is 0 Å². The van der Waals surface area contributed by atoms with Crippen LogP contribution in [-0.2, 0) is 57.8 Å². The predicted octanol–water partition coefficient (Wildman–Crippen LogP) is 13.0. The third kappa shape index (κ3) is 28.9. The Bertz CT molecular complexity index is 979. The predicted molar refractivity (Wildman–Crippen MR) is 236 cm³/mol. The average molecular weight is 910 g/mol. The zero-order valence-electron chi connectivity index (χ0n) is 38.3. The van der Waals surface area contributed by atoms with Crippen LogP contribution in [-0.4, -0.2) is 109 Å². The van der Waals surface area contributed by atoms with Gasteiger partial charge in [-0.25, -0.2) is 12.3 Å². The number of hydrogen-bond donors (Lipinski definition) is 0. The van der Waals surface area contributed by atoms with Gasteiger partial charge in [0, 0.05) is 68.9 Å². The van der Waals surface area contributed by atoms with E-state index in [0.717, 1.165) is 33.8 Å². The van der Waals surface area contributed by atoms with Crippen LogP contribution in [0.4, 0.5) is 0 Å². The second-order valence-corrected chi connectivity index (χ2v) is 13.6. The van der Waals surface area contributed by atoms with Crippen LogP contribution in [0.25, 0.3) is 53.2 Å². The third-order valence-corrected chi connectivity index (χ3v) is 5.96. The molecule has 11 nitrogen and oxygen atoms in total. The quantitative estimate of drug-likeness (QED) is 0.229. The van der Waals surface area contributed by atoms with Crippen LogP contribution in [0.15, 0.2) is 36.4 Å². The van der Waals surface area contributed by atoms with Gasteiger partial charge in [-0.1, -0.05) is 106 Å². The maximum absolute atomic E-state index is 6.82. The Morgan fingerprint density at radius 1 is 0.407 bits per heavy atom. The summed E-state index contributed by atoms with van der Waals surface area (Å²) >= 11 is 0. The summed E-state index contributed by atoms with van der Waals surface area (Å²) in [6, 6.07) is 13.5. The first-order valence-electron chi connectivity index (χ1n) is 18.0. The smallest absolute Gasteiger partial charge is 0.131 e. The number of benzene rings is 2. The number of rotatable bonds is 10. The number of ether oxygens (including phenoxy) is 1. The van der Waals surface area contributed by atoms with Crippen molar-refractivity contribution in [2.75, 3.05) is 84.6 Å². The molecule has 13 heteroatoms. The molecule has 0 N–H and O–H groups in total. The molecule has 0 saturated carbocycles. The van der Waals surface area contributed by atoms with Crippen LogP contribution >= 0.6 is 0 Å². The molecule has 2 aromatic carbocycles. The fourth-order valence-corrected chi connectivity index (χ4v) is 4.50. The molecule has 0 spiro atoms. The van der Waals surface area contributed by atoms with Crippen molar-refractivity contribution < 1.29 is 57.1 Å². The maximum Gasteiger partial charge on any atom is 0.131 e. The largest absolute Gasteiger partial charge is 0.672 e. The Kier molecular flexibility index (Phi) is 49.4. The minimum absolute atomic E-state index is 0. The van der Waals surface area contributed by atoms with Crippen molar-refractivity contribution in [2.24, 2.45) is 0 Å². The molecule has 0 bridgehead atoms. The summed E-state index contributed by atoms with van der Waals surface area (Å²) in [5.74, 6) is 1.75. The van der Waals surface area contributed by atoms with Gasteiger partial charge in [-0.05, 0) is 11.1 Å². The summed E-state index contributed by atoms with van der Waals surface area (Å²) in [6.45, 7) is 21.3. The first-order chi connectivity index (χ1) is 24.4. The maximum atomic E-state index is 6.82. The first kappa shape index (κ1) is 65.5. The van der Waals surface area contributed by atoms with Gasteiger partial charge in [-0.2, -0.15) is 84.6 Å². The Balaban J connectivity index is -0.000000244. The zero-order valence-corrected chi connectivity index (χ0v) is 43.2. The number of para-hydroxylation sites is 2. The van der Waals surface area contributed by atoms with Crippen molar-refractivity contribution in [1.82, 2.24) is 0 Å². The van der Waals surface area contributed by atoms with Crippen molar-refractivity contribution in [2.45, 2.75) is 111 Å². The molecular formula is C41H78N10OZr2-10. The van der Waals surface area contributed by atoms with Gasteiger partial charge in [-0.3, -0.25) is 0 Å². The van der Waals surface area contributed by atoms with E-state index >= 15 is 0 Å². The van der Waals surface area contributed by atoms with Gasteiger partial charge in [0.25, 0.3) is 0 Å². The summed E-state index contributed by atoms with van der Waals surface area (Å²) in [5, 5.41) is 40.8. The van der Waals surface area contributed by atoms with Crippen LogP contribution in [0.5, 0.6) is 11.5 Å². The fourth-order valence-electron chi connectivity index (χ4n) is 4.50. The SMILES string of the molecule is CC(C)[N-]C([N-]C(C)C)c1cccc2c1Oc1c(C([N-]C(C)C)[N-]C(C)C)cccc1C2(C)C.C[N-]C.C[N-]C.C[N-]C.C[N-]C.C[N-]C.C[N-]C.[Zr].[Zr]. The van der Waals surface area contributed by atoms with Crippen molar-refractivity contribution >= 4 is 0 Å². The number of fused-ring (bicyclic) bond motifs is 2. The van der Waals surface area contributed by atoms with Crippen molar-refractivity contribution in [3.05, 3.63) is 112 Å². The Labute approximate surface area is 373 Å². The molecule has 0 fully saturated rings. The zero-order chi connectivity index (χ0) is 41.4. The summed E-state index contributed by atoms with van der Waals surface area (Å²) in [6.07, 6.45) is -0.535. The van der Waals surface area contributed by atoms with E-state index in [9.17, 15) is 0 Å². The van der Waals surface area contributed by atoms with Crippen LogP contribution in [0.1, 0.15) is 104 Å².